The van der Waals surface area contributed by atoms with E-state index >= 15 is 0 Å². The molecule has 2 fully saturated rings. The van der Waals surface area contributed by atoms with Gasteiger partial charge in [0.05, 0.1) is 13.2 Å². The minimum atomic E-state index is -0.963. The Balaban J connectivity index is 1.51. The minimum absolute atomic E-state index is 0.335. The van der Waals surface area contributed by atoms with Crippen LogP contribution >= 0.6 is 0 Å². The van der Waals surface area contributed by atoms with Gasteiger partial charge < -0.3 is 28.8 Å². The molecule has 1 N–H and O–H groups in total. The van der Waals surface area contributed by atoms with Gasteiger partial charge in [-0.05, 0) is 5.56 Å². The first kappa shape index (κ1) is 18.6. The van der Waals surface area contributed by atoms with E-state index in [2.05, 4.69) is 0 Å². The minimum Gasteiger partial charge on any atom is -0.385 e. The van der Waals surface area contributed by atoms with Crippen molar-refractivity contribution in [2.24, 2.45) is 0 Å². The monoisotopic (exact) mass is 372 g/mol. The van der Waals surface area contributed by atoms with Gasteiger partial charge in [0, 0.05) is 12.7 Å². The molecule has 6 nitrogen and oxygen atoms in total. The van der Waals surface area contributed by atoms with E-state index in [1.807, 2.05) is 60.7 Å². The van der Waals surface area contributed by atoms with Crippen molar-refractivity contribution in [1.82, 2.24) is 0 Å². The SMILES string of the molecule is CO[C@H]1O[C@@H]2COC(c3ccccc3)O[C@H]2[C@@H](OCc2ccccc2)[C@@H]1O. The lowest BCUT2D eigenvalue weighted by atomic mass is 9.97. The molecule has 27 heavy (non-hydrogen) atoms. The van der Waals surface area contributed by atoms with Gasteiger partial charge >= 0.3 is 0 Å². The lowest BCUT2D eigenvalue weighted by molar-refractivity contribution is -0.363. The molecule has 4 rings (SSSR count). The van der Waals surface area contributed by atoms with Gasteiger partial charge in [-0.3, -0.25) is 0 Å². The molecular weight excluding hydrogens is 348 g/mol. The highest BCUT2D eigenvalue weighted by Crippen LogP contribution is 2.35. The lowest BCUT2D eigenvalue weighted by Crippen LogP contribution is -2.62. The second kappa shape index (κ2) is 8.48. The number of aliphatic hydroxyl groups is 1. The average Bonchev–Trinajstić information content (AvgIpc) is 2.74. The van der Waals surface area contributed by atoms with Crippen LogP contribution in [0.1, 0.15) is 17.4 Å². The van der Waals surface area contributed by atoms with Gasteiger partial charge in [0.2, 0.25) is 0 Å². The van der Waals surface area contributed by atoms with Crippen molar-refractivity contribution >= 4 is 0 Å². The summed E-state index contributed by atoms with van der Waals surface area (Å²) in [4.78, 5) is 0. The van der Waals surface area contributed by atoms with Crippen molar-refractivity contribution in [3.8, 4) is 0 Å². The maximum atomic E-state index is 10.7. The molecule has 0 aromatic heterocycles. The molecule has 0 spiro atoms. The first-order valence-electron chi connectivity index (χ1n) is 9.10. The summed E-state index contributed by atoms with van der Waals surface area (Å²) in [7, 11) is 1.50. The maximum absolute atomic E-state index is 10.7. The number of methoxy groups -OCH3 is 1. The van der Waals surface area contributed by atoms with Crippen molar-refractivity contribution < 1.29 is 28.8 Å². The van der Waals surface area contributed by atoms with Crippen LogP contribution in [0.3, 0.4) is 0 Å². The molecule has 2 aliphatic rings. The molecule has 0 aliphatic carbocycles. The van der Waals surface area contributed by atoms with E-state index in [-0.39, 0.29) is 6.10 Å². The summed E-state index contributed by atoms with van der Waals surface area (Å²) in [5.74, 6) is 0. The van der Waals surface area contributed by atoms with Crippen molar-refractivity contribution in [1.29, 1.82) is 0 Å². The molecule has 0 amide bonds. The van der Waals surface area contributed by atoms with Gasteiger partial charge in [-0.2, -0.15) is 0 Å². The summed E-state index contributed by atoms with van der Waals surface area (Å²) in [5, 5.41) is 10.7. The first-order chi connectivity index (χ1) is 13.3. The van der Waals surface area contributed by atoms with Crippen LogP contribution in [0.25, 0.3) is 0 Å². The fourth-order valence-electron chi connectivity index (χ4n) is 3.49. The number of hydrogen-bond donors (Lipinski definition) is 1. The third-order valence-corrected chi connectivity index (χ3v) is 4.90. The molecule has 144 valence electrons. The van der Waals surface area contributed by atoms with Crippen LogP contribution in [0.5, 0.6) is 0 Å². The van der Waals surface area contributed by atoms with E-state index in [9.17, 15) is 5.11 Å². The molecule has 2 aromatic rings. The van der Waals surface area contributed by atoms with Crippen LogP contribution < -0.4 is 0 Å². The summed E-state index contributed by atoms with van der Waals surface area (Å²) < 4.78 is 29.2. The van der Waals surface area contributed by atoms with Crippen molar-refractivity contribution in [3.63, 3.8) is 0 Å². The predicted molar refractivity (Wildman–Crippen MR) is 96.7 cm³/mol. The van der Waals surface area contributed by atoms with Gasteiger partial charge in [0.1, 0.15) is 24.4 Å². The molecule has 6 heteroatoms. The molecule has 2 aromatic carbocycles. The summed E-state index contributed by atoms with van der Waals surface area (Å²) in [6, 6.07) is 19.5. The molecule has 2 heterocycles. The van der Waals surface area contributed by atoms with E-state index < -0.39 is 30.9 Å². The largest absolute Gasteiger partial charge is 0.385 e. The normalized spacial score (nSPS) is 33.4. The van der Waals surface area contributed by atoms with Gasteiger partial charge in [0.25, 0.3) is 0 Å². The van der Waals surface area contributed by atoms with Crippen LogP contribution in [-0.4, -0.2) is 49.5 Å². The van der Waals surface area contributed by atoms with E-state index in [1.165, 1.54) is 7.11 Å². The number of fused-ring (bicyclic) bond motifs is 1. The van der Waals surface area contributed by atoms with Crippen molar-refractivity contribution in [2.75, 3.05) is 13.7 Å². The highest BCUT2D eigenvalue weighted by atomic mass is 16.8. The third-order valence-electron chi connectivity index (χ3n) is 4.90. The fraction of sp³-hybridized carbons (Fsp3) is 0.429. The third kappa shape index (κ3) is 4.06. The summed E-state index contributed by atoms with van der Waals surface area (Å²) in [6.07, 6.45) is -3.70. The standard InChI is InChI=1S/C21H24O6/c1-23-21-17(22)19(24-12-14-8-4-2-5-9-14)18-16(26-21)13-25-20(27-18)15-10-6-3-7-11-15/h2-11,16-22H,12-13H2,1H3/t16-,17+,18-,19+,20?,21+/m1/s1. The molecule has 2 saturated heterocycles. The smallest absolute Gasteiger partial charge is 0.186 e. The quantitative estimate of drug-likeness (QED) is 0.870. The van der Waals surface area contributed by atoms with Crippen LogP contribution in [0, 0.1) is 0 Å². The van der Waals surface area contributed by atoms with Crippen LogP contribution in [0.2, 0.25) is 0 Å². The van der Waals surface area contributed by atoms with Crippen molar-refractivity contribution in [2.45, 2.75) is 43.6 Å². The van der Waals surface area contributed by atoms with E-state index in [0.29, 0.717) is 13.2 Å². The van der Waals surface area contributed by atoms with Crippen molar-refractivity contribution in [3.05, 3.63) is 71.8 Å². The molecule has 0 saturated carbocycles. The summed E-state index contributed by atoms with van der Waals surface area (Å²) >= 11 is 0. The van der Waals surface area contributed by atoms with Crippen LogP contribution in [0.15, 0.2) is 60.7 Å². The molecular formula is C21H24O6. The number of aliphatic hydroxyl groups excluding tert-OH is 1. The average molecular weight is 372 g/mol. The predicted octanol–water partition coefficient (Wildman–Crippen LogP) is 2.42. The Hall–Kier alpha value is -1.80. The number of benzene rings is 2. The van der Waals surface area contributed by atoms with Gasteiger partial charge in [0.15, 0.2) is 12.6 Å². The zero-order chi connectivity index (χ0) is 18.6. The molecule has 2 aliphatic heterocycles. The zero-order valence-corrected chi connectivity index (χ0v) is 15.1. The fourth-order valence-corrected chi connectivity index (χ4v) is 3.49. The Morgan fingerprint density at radius 3 is 2.41 bits per heavy atom. The number of ether oxygens (including phenoxy) is 5. The van der Waals surface area contributed by atoms with Gasteiger partial charge in [-0.1, -0.05) is 60.7 Å². The molecule has 6 atom stereocenters. The van der Waals surface area contributed by atoms with E-state index in [1.54, 1.807) is 0 Å². The Morgan fingerprint density at radius 1 is 1.00 bits per heavy atom. The van der Waals surface area contributed by atoms with Gasteiger partial charge in [-0.25, -0.2) is 0 Å². The Morgan fingerprint density at radius 2 is 1.70 bits per heavy atom. The topological polar surface area (TPSA) is 66.4 Å². The van der Waals surface area contributed by atoms with Crippen LogP contribution in [-0.2, 0) is 30.3 Å². The second-order valence-electron chi connectivity index (χ2n) is 6.71. The van der Waals surface area contributed by atoms with E-state index in [0.717, 1.165) is 11.1 Å². The summed E-state index contributed by atoms with van der Waals surface area (Å²) in [6.45, 7) is 0.699. The molecule has 0 bridgehead atoms. The Labute approximate surface area is 158 Å². The van der Waals surface area contributed by atoms with Crippen LogP contribution in [0.4, 0.5) is 0 Å². The van der Waals surface area contributed by atoms with Gasteiger partial charge in [-0.15, -0.1) is 0 Å². The lowest BCUT2D eigenvalue weighted by Gasteiger charge is -2.47. The zero-order valence-electron chi connectivity index (χ0n) is 15.1. The highest BCUT2D eigenvalue weighted by Gasteiger charge is 2.50. The Kier molecular flexibility index (Phi) is 5.83. The maximum Gasteiger partial charge on any atom is 0.186 e. The number of hydrogen-bond acceptors (Lipinski definition) is 6. The molecule has 1 unspecified atom stereocenters. The first-order valence-corrected chi connectivity index (χ1v) is 9.10. The highest BCUT2D eigenvalue weighted by molar-refractivity contribution is 5.17. The number of rotatable bonds is 5. The Bertz CT molecular complexity index is 709. The summed E-state index contributed by atoms with van der Waals surface area (Å²) in [5.41, 5.74) is 1.94. The molecule has 0 radical (unpaired) electrons. The second-order valence-corrected chi connectivity index (χ2v) is 6.71. The van der Waals surface area contributed by atoms with E-state index in [4.69, 9.17) is 23.7 Å².